The average molecular weight is 381 g/mol. The van der Waals surface area contributed by atoms with Crippen molar-refractivity contribution in [3.05, 3.63) is 35.0 Å². The Morgan fingerprint density at radius 1 is 1.46 bits per heavy atom. The number of likely N-dealkylation sites (tertiary alicyclic amines) is 1. The first-order chi connectivity index (χ1) is 12.4. The van der Waals surface area contributed by atoms with Crippen molar-refractivity contribution in [3.63, 3.8) is 0 Å². The summed E-state index contributed by atoms with van der Waals surface area (Å²) in [6.45, 7) is 0.846. The van der Waals surface area contributed by atoms with Crippen LogP contribution in [0.3, 0.4) is 0 Å². The monoisotopic (exact) mass is 380 g/mol. The number of piperidine rings is 2. The largest absolute Gasteiger partial charge is 0.392 e. The van der Waals surface area contributed by atoms with E-state index in [-0.39, 0.29) is 36.8 Å². The zero-order chi connectivity index (χ0) is 18.5. The van der Waals surface area contributed by atoms with Crippen molar-refractivity contribution in [3.8, 4) is 0 Å². The van der Waals surface area contributed by atoms with Crippen LogP contribution < -0.4 is 5.32 Å². The van der Waals surface area contributed by atoms with E-state index in [2.05, 4.69) is 10.3 Å². The number of pyridine rings is 1. The Morgan fingerprint density at radius 2 is 2.27 bits per heavy atom. The number of imidazole rings is 1. The SMILES string of the molecule is O=C(c1nc2ccc(Cl)cn2c1F)N1CC[C@@H](O)[C@@]2(CCCNC2=O)C1. The van der Waals surface area contributed by atoms with E-state index in [4.69, 9.17) is 11.6 Å². The fourth-order valence-electron chi connectivity index (χ4n) is 3.89. The van der Waals surface area contributed by atoms with E-state index in [9.17, 15) is 19.1 Å². The molecule has 0 unspecified atom stereocenters. The number of nitrogens with one attached hydrogen (secondary N) is 1. The Bertz CT molecular complexity index is 902. The van der Waals surface area contributed by atoms with E-state index >= 15 is 0 Å². The van der Waals surface area contributed by atoms with E-state index in [1.807, 2.05) is 0 Å². The first kappa shape index (κ1) is 17.2. The topological polar surface area (TPSA) is 86.9 Å². The van der Waals surface area contributed by atoms with Gasteiger partial charge in [-0.15, -0.1) is 0 Å². The van der Waals surface area contributed by atoms with Crippen LogP contribution in [0.5, 0.6) is 0 Å². The van der Waals surface area contributed by atoms with Crippen molar-refractivity contribution < 1.29 is 19.1 Å². The van der Waals surface area contributed by atoms with Gasteiger partial charge in [-0.05, 0) is 31.4 Å². The second-order valence-electron chi connectivity index (χ2n) is 6.87. The Hall–Kier alpha value is -2.19. The summed E-state index contributed by atoms with van der Waals surface area (Å²) in [7, 11) is 0. The lowest BCUT2D eigenvalue weighted by Crippen LogP contribution is -2.62. The van der Waals surface area contributed by atoms with E-state index < -0.39 is 23.4 Å². The minimum atomic E-state index is -1.04. The third kappa shape index (κ3) is 2.55. The van der Waals surface area contributed by atoms with Gasteiger partial charge in [-0.3, -0.25) is 14.0 Å². The third-order valence-electron chi connectivity index (χ3n) is 5.33. The van der Waals surface area contributed by atoms with Crippen LogP contribution in [0.25, 0.3) is 5.65 Å². The van der Waals surface area contributed by atoms with Gasteiger partial charge in [0.05, 0.1) is 16.5 Å². The quantitative estimate of drug-likeness (QED) is 0.779. The van der Waals surface area contributed by atoms with Crippen molar-refractivity contribution in [2.45, 2.75) is 25.4 Å². The minimum Gasteiger partial charge on any atom is -0.392 e. The van der Waals surface area contributed by atoms with Gasteiger partial charge in [0.25, 0.3) is 5.91 Å². The highest BCUT2D eigenvalue weighted by Crippen LogP contribution is 2.37. The number of hydrogen-bond acceptors (Lipinski definition) is 4. The molecule has 26 heavy (non-hydrogen) atoms. The van der Waals surface area contributed by atoms with Crippen molar-refractivity contribution in [2.75, 3.05) is 19.6 Å². The molecule has 2 N–H and O–H groups in total. The second kappa shape index (κ2) is 6.21. The molecule has 4 heterocycles. The van der Waals surface area contributed by atoms with E-state index in [1.165, 1.54) is 17.2 Å². The van der Waals surface area contributed by atoms with Crippen LogP contribution in [0.1, 0.15) is 29.8 Å². The van der Waals surface area contributed by atoms with Gasteiger partial charge >= 0.3 is 0 Å². The minimum absolute atomic E-state index is 0.0485. The maximum Gasteiger partial charge on any atom is 0.277 e. The predicted molar refractivity (Wildman–Crippen MR) is 91.4 cm³/mol. The second-order valence-corrected chi connectivity index (χ2v) is 7.31. The number of nitrogens with zero attached hydrogens (tertiary/aromatic N) is 3. The Kier molecular flexibility index (Phi) is 4.11. The number of rotatable bonds is 1. The summed E-state index contributed by atoms with van der Waals surface area (Å²) in [5.41, 5.74) is -1.07. The van der Waals surface area contributed by atoms with Crippen molar-refractivity contribution in [1.29, 1.82) is 0 Å². The molecule has 7 nitrogen and oxygen atoms in total. The first-order valence-corrected chi connectivity index (χ1v) is 8.89. The van der Waals surface area contributed by atoms with Gasteiger partial charge in [-0.25, -0.2) is 4.98 Å². The molecule has 0 saturated carbocycles. The average Bonchev–Trinajstić information content (AvgIpc) is 2.95. The highest BCUT2D eigenvalue weighted by atomic mass is 35.5. The summed E-state index contributed by atoms with van der Waals surface area (Å²) in [4.78, 5) is 30.8. The normalized spacial score (nSPS) is 26.3. The number of fused-ring (bicyclic) bond motifs is 1. The number of carbonyl (C=O) groups is 2. The van der Waals surface area contributed by atoms with Crippen LogP contribution in [0, 0.1) is 11.4 Å². The van der Waals surface area contributed by atoms with Crippen molar-refractivity contribution in [2.24, 2.45) is 5.41 Å². The number of halogens is 2. The summed E-state index contributed by atoms with van der Waals surface area (Å²) < 4.78 is 15.8. The molecule has 2 atom stereocenters. The summed E-state index contributed by atoms with van der Waals surface area (Å²) in [6.07, 6.45) is 2.02. The summed E-state index contributed by atoms with van der Waals surface area (Å²) in [5, 5.41) is 13.5. The zero-order valence-corrected chi connectivity index (χ0v) is 14.7. The smallest absolute Gasteiger partial charge is 0.277 e. The molecule has 2 amide bonds. The van der Waals surface area contributed by atoms with Gasteiger partial charge < -0.3 is 15.3 Å². The molecule has 9 heteroatoms. The molecular weight excluding hydrogens is 363 g/mol. The lowest BCUT2D eigenvalue weighted by atomic mass is 9.71. The molecule has 0 bridgehead atoms. The molecule has 2 aromatic rings. The van der Waals surface area contributed by atoms with Gasteiger partial charge in [0.15, 0.2) is 5.69 Å². The standard InChI is InChI=1S/C17H18ClFN4O3/c18-10-2-3-12-21-13(14(19)23(12)8-10)15(25)22-7-4-11(24)17(9-22)5-1-6-20-16(17)26/h2-3,8,11,24H,1,4-7,9H2,(H,20,26)/t11-,17-/m1/s1. The van der Waals surface area contributed by atoms with Gasteiger partial charge in [-0.2, -0.15) is 4.39 Å². The molecular formula is C17H18ClFN4O3. The molecule has 2 saturated heterocycles. The molecule has 1 spiro atoms. The van der Waals surface area contributed by atoms with Crippen LogP contribution >= 0.6 is 11.6 Å². The summed E-state index contributed by atoms with van der Waals surface area (Å²) in [5.74, 6) is -1.64. The van der Waals surface area contributed by atoms with Crippen LogP contribution in [0.4, 0.5) is 4.39 Å². The molecule has 2 aromatic heterocycles. The zero-order valence-electron chi connectivity index (χ0n) is 13.9. The highest BCUT2D eigenvalue weighted by Gasteiger charge is 2.51. The molecule has 4 rings (SSSR count). The number of hydrogen-bond donors (Lipinski definition) is 2. The van der Waals surface area contributed by atoms with Gasteiger partial charge in [-0.1, -0.05) is 11.6 Å². The van der Waals surface area contributed by atoms with Gasteiger partial charge in [0, 0.05) is 25.8 Å². The highest BCUT2D eigenvalue weighted by molar-refractivity contribution is 6.30. The van der Waals surface area contributed by atoms with Gasteiger partial charge in [0.1, 0.15) is 5.65 Å². The number of aromatic nitrogens is 2. The summed E-state index contributed by atoms with van der Waals surface area (Å²) in [6, 6.07) is 3.09. The fourth-order valence-corrected chi connectivity index (χ4v) is 4.05. The molecule has 0 aliphatic carbocycles. The molecule has 0 aromatic carbocycles. The Labute approximate surface area is 153 Å². The fraction of sp³-hybridized carbons (Fsp3) is 0.471. The van der Waals surface area contributed by atoms with E-state index in [0.29, 0.717) is 18.0 Å². The number of aliphatic hydroxyl groups excluding tert-OH is 1. The van der Waals surface area contributed by atoms with Crippen LogP contribution in [0.15, 0.2) is 18.3 Å². The first-order valence-electron chi connectivity index (χ1n) is 8.51. The molecule has 2 aliphatic heterocycles. The van der Waals surface area contributed by atoms with Crippen LogP contribution in [-0.2, 0) is 4.79 Å². The maximum atomic E-state index is 14.7. The van der Waals surface area contributed by atoms with Crippen molar-refractivity contribution >= 4 is 29.1 Å². The lowest BCUT2D eigenvalue weighted by molar-refractivity contribution is -0.147. The number of carbonyl (C=O) groups excluding carboxylic acids is 2. The number of aliphatic hydroxyl groups is 1. The van der Waals surface area contributed by atoms with Crippen LogP contribution in [-0.4, -0.2) is 56.9 Å². The molecule has 138 valence electrons. The van der Waals surface area contributed by atoms with Gasteiger partial charge in [0.2, 0.25) is 11.9 Å². The predicted octanol–water partition coefficient (Wildman–Crippen LogP) is 1.23. The summed E-state index contributed by atoms with van der Waals surface area (Å²) >= 11 is 5.87. The van der Waals surface area contributed by atoms with E-state index in [1.54, 1.807) is 6.07 Å². The lowest BCUT2D eigenvalue weighted by Gasteiger charge is -2.46. The van der Waals surface area contributed by atoms with E-state index in [0.717, 1.165) is 10.8 Å². The number of amides is 2. The molecule has 0 radical (unpaired) electrons. The van der Waals surface area contributed by atoms with Crippen molar-refractivity contribution in [1.82, 2.24) is 19.6 Å². The molecule has 2 fully saturated rings. The third-order valence-corrected chi connectivity index (χ3v) is 5.56. The van der Waals surface area contributed by atoms with Crippen LogP contribution in [0.2, 0.25) is 5.02 Å². The molecule has 2 aliphatic rings. The Balaban J connectivity index is 1.66. The maximum absolute atomic E-state index is 14.7. The Morgan fingerprint density at radius 3 is 3.04 bits per heavy atom.